The predicted molar refractivity (Wildman–Crippen MR) is 122 cm³/mol. The van der Waals surface area contributed by atoms with Gasteiger partial charge in [0.05, 0.1) is 12.0 Å². The minimum Gasteiger partial charge on any atom is -0.486 e. The van der Waals surface area contributed by atoms with Gasteiger partial charge in [-0.15, -0.1) is 0 Å². The Kier molecular flexibility index (Phi) is 8.92. The van der Waals surface area contributed by atoms with E-state index in [-0.39, 0.29) is 41.2 Å². The lowest BCUT2D eigenvalue weighted by Gasteiger charge is -2.20. The molecular weight excluding hydrogens is 520 g/mol. The number of hydrogen-bond acceptors (Lipinski definition) is 5. The maximum atomic E-state index is 12.9. The Balaban J connectivity index is 1.74. The molecule has 2 N–H and O–H groups in total. The minimum absolute atomic E-state index is 0.0750. The van der Waals surface area contributed by atoms with Gasteiger partial charge in [-0.3, -0.25) is 9.59 Å². The van der Waals surface area contributed by atoms with Gasteiger partial charge < -0.3 is 15.2 Å². The molecule has 0 spiro atoms. The second-order valence-electron chi connectivity index (χ2n) is 8.10. The van der Waals surface area contributed by atoms with Gasteiger partial charge in [-0.25, -0.2) is 9.97 Å². The molecule has 3 aromatic rings. The van der Waals surface area contributed by atoms with Crippen LogP contribution in [-0.2, 0) is 11.0 Å². The van der Waals surface area contributed by atoms with Crippen LogP contribution in [0.1, 0.15) is 46.9 Å². The van der Waals surface area contributed by atoms with Crippen LogP contribution in [0.3, 0.4) is 0 Å². The zero-order valence-corrected chi connectivity index (χ0v) is 19.5. The van der Waals surface area contributed by atoms with Crippen LogP contribution in [0.5, 0.6) is 5.75 Å². The lowest BCUT2D eigenvalue weighted by molar-refractivity contribution is -0.139. The first-order valence-electron chi connectivity index (χ1n) is 11.1. The Bertz CT molecular complexity index is 1230. The Hall–Kier alpha value is -4.16. The van der Waals surface area contributed by atoms with E-state index in [4.69, 9.17) is 9.84 Å². The highest BCUT2D eigenvalue weighted by atomic mass is 19.4. The highest BCUT2D eigenvalue weighted by molar-refractivity contribution is 5.94. The van der Waals surface area contributed by atoms with Gasteiger partial charge in [0, 0.05) is 42.0 Å². The third-order valence-electron chi connectivity index (χ3n) is 5.22. The molecule has 0 bridgehead atoms. The van der Waals surface area contributed by atoms with Crippen molar-refractivity contribution in [3.8, 4) is 17.1 Å². The average molecular weight is 541 g/mol. The average Bonchev–Trinajstić information content (AvgIpc) is 2.86. The van der Waals surface area contributed by atoms with Gasteiger partial charge >= 0.3 is 18.3 Å². The van der Waals surface area contributed by atoms with E-state index < -0.39 is 48.7 Å². The number of rotatable bonds is 10. The lowest BCUT2D eigenvalue weighted by Crippen LogP contribution is -2.25. The standard InChI is InChI=1S/C25H21F6N3O4/c26-24(27,28)11-9-20(38-19-7-3-16(4-8-19)23(37)32-12-10-21(35)36)17-13-33-22(34-14-17)15-1-5-18(6-2-15)25(29,30)31/h1-8,13-14,20H,9-12H2,(H,32,37)(H,35,36). The molecule has 0 aliphatic carbocycles. The summed E-state index contributed by atoms with van der Waals surface area (Å²) in [5.74, 6) is -1.37. The van der Waals surface area contributed by atoms with E-state index in [0.29, 0.717) is 0 Å². The molecule has 0 radical (unpaired) electrons. The SMILES string of the molecule is O=C(O)CCNC(=O)c1ccc(OC(CCC(F)(F)F)c2cnc(-c3ccc(C(F)(F)F)cc3)nc2)cc1. The van der Waals surface area contributed by atoms with Gasteiger partial charge in [0.15, 0.2) is 5.82 Å². The van der Waals surface area contributed by atoms with Crippen molar-refractivity contribution in [1.82, 2.24) is 15.3 Å². The fourth-order valence-corrected chi connectivity index (χ4v) is 3.28. The number of alkyl halides is 6. The van der Waals surface area contributed by atoms with E-state index in [2.05, 4.69) is 15.3 Å². The summed E-state index contributed by atoms with van der Waals surface area (Å²) in [6.45, 7) is -0.0750. The molecule has 38 heavy (non-hydrogen) atoms. The van der Waals surface area contributed by atoms with Gasteiger partial charge in [0.25, 0.3) is 5.91 Å². The van der Waals surface area contributed by atoms with Crippen molar-refractivity contribution < 1.29 is 45.8 Å². The molecule has 1 atom stereocenters. The Morgan fingerprint density at radius 3 is 2.05 bits per heavy atom. The second kappa shape index (κ2) is 11.9. The molecule has 0 fully saturated rings. The zero-order chi connectivity index (χ0) is 27.9. The maximum Gasteiger partial charge on any atom is 0.416 e. The normalized spacial score (nSPS) is 12.6. The highest BCUT2D eigenvalue weighted by Crippen LogP contribution is 2.32. The lowest BCUT2D eigenvalue weighted by atomic mass is 10.1. The molecule has 1 aromatic heterocycles. The summed E-state index contributed by atoms with van der Waals surface area (Å²) >= 11 is 0. The van der Waals surface area contributed by atoms with E-state index in [1.165, 1.54) is 48.8 Å². The molecule has 0 aliphatic heterocycles. The van der Waals surface area contributed by atoms with Crippen molar-refractivity contribution in [3.63, 3.8) is 0 Å². The number of carbonyl (C=O) groups excluding carboxylic acids is 1. The Labute approximate surface area is 212 Å². The smallest absolute Gasteiger partial charge is 0.416 e. The fraction of sp³-hybridized carbons (Fsp3) is 0.280. The number of hydrogen-bond donors (Lipinski definition) is 2. The summed E-state index contributed by atoms with van der Waals surface area (Å²) in [7, 11) is 0. The topological polar surface area (TPSA) is 101 Å². The van der Waals surface area contributed by atoms with Crippen molar-refractivity contribution in [1.29, 1.82) is 0 Å². The van der Waals surface area contributed by atoms with Crippen molar-refractivity contribution >= 4 is 11.9 Å². The van der Waals surface area contributed by atoms with Gasteiger partial charge in [-0.2, -0.15) is 26.3 Å². The molecule has 0 saturated heterocycles. The minimum atomic E-state index is -4.51. The molecule has 1 unspecified atom stereocenters. The summed E-state index contributed by atoms with van der Waals surface area (Å²) in [4.78, 5) is 30.8. The van der Waals surface area contributed by atoms with Crippen LogP contribution in [0.4, 0.5) is 26.3 Å². The number of benzene rings is 2. The van der Waals surface area contributed by atoms with Gasteiger partial charge in [-0.05, 0) is 42.8 Å². The van der Waals surface area contributed by atoms with E-state index in [1.54, 1.807) is 0 Å². The van der Waals surface area contributed by atoms with Crippen LogP contribution in [-0.4, -0.2) is 39.7 Å². The van der Waals surface area contributed by atoms with Crippen LogP contribution in [0.25, 0.3) is 11.4 Å². The van der Waals surface area contributed by atoms with E-state index in [1.807, 2.05) is 0 Å². The van der Waals surface area contributed by atoms with E-state index >= 15 is 0 Å². The quantitative estimate of drug-likeness (QED) is 0.313. The van der Waals surface area contributed by atoms with Crippen LogP contribution < -0.4 is 10.1 Å². The largest absolute Gasteiger partial charge is 0.486 e. The summed E-state index contributed by atoms with van der Waals surface area (Å²) in [6, 6.07) is 9.63. The third-order valence-corrected chi connectivity index (χ3v) is 5.22. The third kappa shape index (κ3) is 8.46. The molecular formula is C25H21F6N3O4. The van der Waals surface area contributed by atoms with Crippen LogP contribution in [0, 0.1) is 0 Å². The number of ether oxygens (including phenoxy) is 1. The molecule has 13 heteroatoms. The summed E-state index contributed by atoms with van der Waals surface area (Å²) in [5, 5.41) is 11.1. The monoisotopic (exact) mass is 541 g/mol. The molecule has 2 aromatic carbocycles. The van der Waals surface area contributed by atoms with Crippen LogP contribution in [0.15, 0.2) is 60.9 Å². The Morgan fingerprint density at radius 2 is 1.53 bits per heavy atom. The maximum absolute atomic E-state index is 12.9. The van der Waals surface area contributed by atoms with Crippen molar-refractivity contribution in [2.75, 3.05) is 6.54 Å². The Morgan fingerprint density at radius 1 is 0.921 bits per heavy atom. The number of carboxylic acids is 1. The molecule has 0 saturated carbocycles. The molecule has 3 rings (SSSR count). The van der Waals surface area contributed by atoms with Gasteiger partial charge in [-0.1, -0.05) is 12.1 Å². The first-order chi connectivity index (χ1) is 17.8. The second-order valence-corrected chi connectivity index (χ2v) is 8.10. The summed E-state index contributed by atoms with van der Waals surface area (Å²) < 4.78 is 82.8. The summed E-state index contributed by atoms with van der Waals surface area (Å²) in [6.07, 6.45) is -9.49. The number of aromatic nitrogens is 2. The number of amides is 1. The summed E-state index contributed by atoms with van der Waals surface area (Å²) in [5.41, 5.74) is -0.156. The van der Waals surface area contributed by atoms with E-state index in [0.717, 1.165) is 12.1 Å². The van der Waals surface area contributed by atoms with E-state index in [9.17, 15) is 35.9 Å². The fourth-order valence-electron chi connectivity index (χ4n) is 3.28. The van der Waals surface area contributed by atoms with Crippen LogP contribution in [0.2, 0.25) is 0 Å². The first-order valence-corrected chi connectivity index (χ1v) is 11.1. The van der Waals surface area contributed by atoms with Gasteiger partial charge in [0.2, 0.25) is 0 Å². The number of nitrogens with one attached hydrogen (secondary N) is 1. The number of halogens is 6. The molecule has 202 valence electrons. The highest BCUT2D eigenvalue weighted by Gasteiger charge is 2.31. The van der Waals surface area contributed by atoms with Crippen molar-refractivity contribution in [2.24, 2.45) is 0 Å². The van der Waals surface area contributed by atoms with Gasteiger partial charge in [0.1, 0.15) is 11.9 Å². The van der Waals surface area contributed by atoms with Crippen LogP contribution >= 0.6 is 0 Å². The molecule has 7 nitrogen and oxygen atoms in total. The predicted octanol–water partition coefficient (Wildman–Crippen LogP) is 5.83. The first kappa shape index (κ1) is 28.4. The molecule has 1 heterocycles. The van der Waals surface area contributed by atoms with Crippen molar-refractivity contribution in [3.05, 3.63) is 77.6 Å². The zero-order valence-electron chi connectivity index (χ0n) is 19.5. The van der Waals surface area contributed by atoms with Crippen molar-refractivity contribution in [2.45, 2.75) is 37.7 Å². The number of carboxylic acid groups (broad SMARTS) is 1. The number of nitrogens with zero attached hydrogens (tertiary/aromatic N) is 2. The molecule has 1 amide bonds. The number of aliphatic carboxylic acids is 1. The number of carbonyl (C=O) groups is 2. The molecule has 0 aliphatic rings.